The summed E-state index contributed by atoms with van der Waals surface area (Å²) in [6.07, 6.45) is 7.14. The summed E-state index contributed by atoms with van der Waals surface area (Å²) in [6.45, 7) is 4.49. The fourth-order valence-corrected chi connectivity index (χ4v) is 3.33. The molecule has 0 atom stereocenters. The largest absolute Gasteiger partial charge is 0.317 e. The zero-order chi connectivity index (χ0) is 19.0. The minimum atomic E-state index is -0.111. The molecule has 0 saturated carbocycles. The van der Waals surface area contributed by atoms with Gasteiger partial charge >= 0.3 is 0 Å². The molecule has 0 fully saturated rings. The Morgan fingerprint density at radius 3 is 2.70 bits per heavy atom. The molecule has 136 valence electrons. The number of anilines is 1. The Bertz CT molecular complexity index is 1070. The van der Waals surface area contributed by atoms with Crippen LogP contribution in [0.1, 0.15) is 27.2 Å². The van der Waals surface area contributed by atoms with Crippen LogP contribution in [0.15, 0.2) is 55.1 Å². The summed E-state index contributed by atoms with van der Waals surface area (Å²) >= 11 is 0. The van der Waals surface area contributed by atoms with Gasteiger partial charge in [-0.2, -0.15) is 0 Å². The molecule has 0 unspecified atom stereocenters. The van der Waals surface area contributed by atoms with Crippen LogP contribution in [-0.2, 0) is 6.54 Å². The highest BCUT2D eigenvalue weighted by Gasteiger charge is 2.24. The van der Waals surface area contributed by atoms with E-state index in [0.29, 0.717) is 17.9 Å². The molecular weight excluding hydrogens is 340 g/mol. The van der Waals surface area contributed by atoms with Crippen molar-refractivity contribution in [2.24, 2.45) is 0 Å². The van der Waals surface area contributed by atoms with Gasteiger partial charge in [-0.25, -0.2) is 4.68 Å². The second-order valence-electron chi connectivity index (χ2n) is 6.54. The molecule has 27 heavy (non-hydrogen) atoms. The summed E-state index contributed by atoms with van der Waals surface area (Å²) in [5.41, 5.74) is 4.52. The van der Waals surface area contributed by atoms with E-state index >= 15 is 0 Å². The Labute approximate surface area is 156 Å². The van der Waals surface area contributed by atoms with Crippen LogP contribution in [0.3, 0.4) is 0 Å². The van der Waals surface area contributed by atoms with Gasteiger partial charge in [0.15, 0.2) is 5.82 Å². The summed E-state index contributed by atoms with van der Waals surface area (Å²) in [4.78, 5) is 18.8. The molecule has 7 nitrogen and oxygen atoms in total. The molecule has 0 aliphatic heterocycles. The minimum Gasteiger partial charge on any atom is -0.317 e. The maximum Gasteiger partial charge on any atom is 0.261 e. The summed E-state index contributed by atoms with van der Waals surface area (Å²) < 4.78 is 3.71. The topological polar surface area (TPSA) is 68.3 Å². The third-order valence-electron chi connectivity index (χ3n) is 4.82. The summed E-state index contributed by atoms with van der Waals surface area (Å²) in [7, 11) is 1.72. The van der Waals surface area contributed by atoms with Gasteiger partial charge in [0.2, 0.25) is 0 Å². The van der Waals surface area contributed by atoms with Crippen molar-refractivity contribution in [1.82, 2.24) is 24.4 Å². The normalized spacial score (nSPS) is 11.1. The highest BCUT2D eigenvalue weighted by atomic mass is 16.2. The molecule has 1 amide bonds. The van der Waals surface area contributed by atoms with Crippen molar-refractivity contribution < 1.29 is 4.79 Å². The van der Waals surface area contributed by atoms with Crippen LogP contribution in [0.2, 0.25) is 0 Å². The average molecular weight is 360 g/mol. The first-order valence-corrected chi connectivity index (χ1v) is 8.69. The molecule has 1 aromatic carbocycles. The summed E-state index contributed by atoms with van der Waals surface area (Å²) in [6, 6.07) is 10.0. The van der Waals surface area contributed by atoms with E-state index in [2.05, 4.69) is 15.3 Å². The van der Waals surface area contributed by atoms with Gasteiger partial charge in [-0.05, 0) is 25.0 Å². The second kappa shape index (κ2) is 6.68. The number of aromatic nitrogens is 5. The molecule has 0 radical (unpaired) electrons. The maximum absolute atomic E-state index is 13.1. The number of carbonyl (C=O) groups excluding carboxylic acids is 1. The number of amides is 1. The predicted octanol–water partition coefficient (Wildman–Crippen LogP) is 2.87. The molecule has 3 heterocycles. The molecule has 4 rings (SSSR count). The van der Waals surface area contributed by atoms with Crippen LogP contribution < -0.4 is 4.90 Å². The molecule has 0 aliphatic rings. The molecule has 0 saturated heterocycles. The van der Waals surface area contributed by atoms with Crippen molar-refractivity contribution in [1.29, 1.82) is 0 Å². The van der Waals surface area contributed by atoms with Crippen molar-refractivity contribution in [3.8, 4) is 0 Å². The van der Waals surface area contributed by atoms with Gasteiger partial charge in [0.25, 0.3) is 5.91 Å². The highest BCUT2D eigenvalue weighted by Crippen LogP contribution is 2.24. The molecule has 0 spiro atoms. The molecule has 7 heteroatoms. The first-order valence-electron chi connectivity index (χ1n) is 8.69. The van der Waals surface area contributed by atoms with Gasteiger partial charge in [0.05, 0.1) is 30.0 Å². The van der Waals surface area contributed by atoms with Crippen LogP contribution >= 0.6 is 0 Å². The van der Waals surface area contributed by atoms with E-state index in [1.54, 1.807) is 30.3 Å². The van der Waals surface area contributed by atoms with E-state index < -0.39 is 0 Å². The third-order valence-corrected chi connectivity index (χ3v) is 4.82. The van der Waals surface area contributed by atoms with Crippen LogP contribution in [0.5, 0.6) is 0 Å². The van der Waals surface area contributed by atoms with Gasteiger partial charge in [0.1, 0.15) is 0 Å². The Morgan fingerprint density at radius 1 is 1.19 bits per heavy atom. The first-order chi connectivity index (χ1) is 13.1. The van der Waals surface area contributed by atoms with Crippen molar-refractivity contribution in [2.45, 2.75) is 20.4 Å². The lowest BCUT2D eigenvalue weighted by atomic mass is 10.1. The van der Waals surface area contributed by atoms with Crippen molar-refractivity contribution in [2.75, 3.05) is 11.9 Å². The Balaban J connectivity index is 1.62. The molecule has 4 aromatic rings. The zero-order valence-corrected chi connectivity index (χ0v) is 15.5. The third kappa shape index (κ3) is 2.97. The average Bonchev–Trinajstić information content (AvgIpc) is 3.25. The van der Waals surface area contributed by atoms with Crippen molar-refractivity contribution >= 4 is 17.2 Å². The SMILES string of the molecule is Cc1c(C(=O)N(C)c2cn(Cc3ccccc3)nn2)c(C)n2ccncc12. The monoisotopic (exact) mass is 360 g/mol. The van der Waals surface area contributed by atoms with Crippen LogP contribution in [0.25, 0.3) is 5.52 Å². The van der Waals surface area contributed by atoms with E-state index in [-0.39, 0.29) is 5.91 Å². The fraction of sp³-hybridized carbons (Fsp3) is 0.200. The zero-order valence-electron chi connectivity index (χ0n) is 15.5. The van der Waals surface area contributed by atoms with Gasteiger partial charge in [0, 0.05) is 25.1 Å². The lowest BCUT2D eigenvalue weighted by Crippen LogP contribution is -2.27. The molecule has 0 bridgehead atoms. The molecule has 0 aliphatic carbocycles. The van der Waals surface area contributed by atoms with E-state index in [1.165, 1.54) is 4.90 Å². The van der Waals surface area contributed by atoms with Gasteiger partial charge < -0.3 is 4.40 Å². The van der Waals surface area contributed by atoms with Crippen molar-refractivity contribution in [3.05, 3.63) is 77.5 Å². The number of nitrogens with zero attached hydrogens (tertiary/aromatic N) is 6. The number of rotatable bonds is 4. The standard InChI is InChI=1S/C20H20N6O/c1-14-17-11-21-9-10-26(17)15(2)19(14)20(27)24(3)18-13-25(23-22-18)12-16-7-5-4-6-8-16/h4-11,13H,12H2,1-3H3. The summed E-state index contributed by atoms with van der Waals surface area (Å²) in [5, 5.41) is 8.32. The maximum atomic E-state index is 13.1. The van der Waals surface area contributed by atoms with Crippen molar-refractivity contribution in [3.63, 3.8) is 0 Å². The number of hydrogen-bond donors (Lipinski definition) is 0. The molecular formula is C20H20N6O. The molecule has 0 N–H and O–H groups in total. The predicted molar refractivity (Wildman–Crippen MR) is 103 cm³/mol. The second-order valence-corrected chi connectivity index (χ2v) is 6.54. The van der Waals surface area contributed by atoms with E-state index in [4.69, 9.17) is 0 Å². The fourth-order valence-electron chi connectivity index (χ4n) is 3.33. The highest BCUT2D eigenvalue weighted by molar-refractivity contribution is 6.08. The number of benzene rings is 1. The van der Waals surface area contributed by atoms with E-state index in [1.807, 2.05) is 54.8 Å². The number of hydrogen-bond acceptors (Lipinski definition) is 4. The van der Waals surface area contributed by atoms with E-state index in [9.17, 15) is 4.79 Å². The minimum absolute atomic E-state index is 0.111. The Hall–Kier alpha value is -3.48. The van der Waals surface area contributed by atoms with Crippen LogP contribution in [0, 0.1) is 13.8 Å². The Morgan fingerprint density at radius 2 is 1.96 bits per heavy atom. The van der Waals surface area contributed by atoms with Gasteiger partial charge in [-0.15, -0.1) is 5.10 Å². The smallest absolute Gasteiger partial charge is 0.261 e. The lowest BCUT2D eigenvalue weighted by molar-refractivity contribution is 0.0991. The number of fused-ring (bicyclic) bond motifs is 1. The van der Waals surface area contributed by atoms with E-state index in [0.717, 1.165) is 22.3 Å². The van der Waals surface area contributed by atoms with Gasteiger partial charge in [-0.1, -0.05) is 35.5 Å². The Kier molecular flexibility index (Phi) is 4.19. The van der Waals surface area contributed by atoms with Crippen LogP contribution in [0.4, 0.5) is 5.82 Å². The van der Waals surface area contributed by atoms with Crippen LogP contribution in [-0.4, -0.2) is 37.3 Å². The molecule has 3 aromatic heterocycles. The quantitative estimate of drug-likeness (QED) is 0.561. The summed E-state index contributed by atoms with van der Waals surface area (Å²) in [5.74, 6) is 0.406. The first kappa shape index (κ1) is 17.0. The van der Waals surface area contributed by atoms with Gasteiger partial charge in [-0.3, -0.25) is 14.7 Å². The lowest BCUT2D eigenvalue weighted by Gasteiger charge is -2.14. The number of carbonyl (C=O) groups is 1. The number of aryl methyl sites for hydroxylation is 2.